The fraction of sp³-hybridized carbons (Fsp3) is 0.0870. The van der Waals surface area contributed by atoms with Crippen molar-refractivity contribution in [3.05, 3.63) is 101 Å². The minimum atomic E-state index is -0.679. The maximum Gasteiger partial charge on any atom is 0.190 e. The lowest BCUT2D eigenvalue weighted by Crippen LogP contribution is -2.26. The SMILES string of the molecule is O=C(c1ccc(Oc2ccc(Cl)cc2)cc1)C(COc1ccc(Cl)cc1)n1cncn1. The second kappa shape index (κ2) is 9.64. The van der Waals surface area contributed by atoms with Gasteiger partial charge in [-0.25, -0.2) is 9.67 Å². The molecule has 4 aromatic rings. The molecule has 0 aliphatic heterocycles. The molecule has 8 heteroatoms. The molecule has 156 valence electrons. The number of hydrogen-bond donors (Lipinski definition) is 0. The van der Waals surface area contributed by atoms with Crippen LogP contribution < -0.4 is 9.47 Å². The molecule has 0 bridgehead atoms. The third-order valence-electron chi connectivity index (χ3n) is 4.47. The van der Waals surface area contributed by atoms with Crippen molar-refractivity contribution in [2.75, 3.05) is 6.61 Å². The van der Waals surface area contributed by atoms with Crippen LogP contribution in [0.25, 0.3) is 0 Å². The van der Waals surface area contributed by atoms with Crippen molar-refractivity contribution in [3.63, 3.8) is 0 Å². The average molecular weight is 454 g/mol. The minimum absolute atomic E-state index is 0.0901. The molecule has 4 rings (SSSR count). The van der Waals surface area contributed by atoms with E-state index in [1.807, 2.05) is 0 Å². The quantitative estimate of drug-likeness (QED) is 0.311. The largest absolute Gasteiger partial charge is 0.491 e. The number of carbonyl (C=O) groups is 1. The topological polar surface area (TPSA) is 66.2 Å². The minimum Gasteiger partial charge on any atom is -0.491 e. The summed E-state index contributed by atoms with van der Waals surface area (Å²) in [5, 5.41) is 5.36. The standard InChI is InChI=1S/C23H17Cl2N3O3/c24-17-3-9-19(10-4-17)30-13-22(28-15-26-14-27-28)23(29)16-1-7-20(8-2-16)31-21-11-5-18(25)6-12-21/h1-12,14-15,22H,13H2. The van der Waals surface area contributed by atoms with Crippen LogP contribution in [0.15, 0.2) is 85.5 Å². The van der Waals surface area contributed by atoms with Gasteiger partial charge in [-0.1, -0.05) is 23.2 Å². The van der Waals surface area contributed by atoms with E-state index in [2.05, 4.69) is 10.1 Å². The number of carbonyl (C=O) groups excluding carboxylic acids is 1. The Balaban J connectivity index is 1.48. The van der Waals surface area contributed by atoms with Crippen LogP contribution in [-0.4, -0.2) is 27.2 Å². The molecule has 1 unspecified atom stereocenters. The van der Waals surface area contributed by atoms with Gasteiger partial charge in [0.25, 0.3) is 0 Å². The Morgan fingerprint density at radius 1 is 0.839 bits per heavy atom. The molecule has 0 aliphatic rings. The van der Waals surface area contributed by atoms with E-state index >= 15 is 0 Å². The summed E-state index contributed by atoms with van der Waals surface area (Å²) in [4.78, 5) is 17.1. The van der Waals surface area contributed by atoms with E-state index in [-0.39, 0.29) is 12.4 Å². The molecular formula is C23H17Cl2N3O3. The molecule has 0 amide bonds. The molecule has 0 N–H and O–H groups in total. The highest BCUT2D eigenvalue weighted by Gasteiger charge is 2.24. The highest BCUT2D eigenvalue weighted by atomic mass is 35.5. The molecular weight excluding hydrogens is 437 g/mol. The fourth-order valence-electron chi connectivity index (χ4n) is 2.87. The summed E-state index contributed by atoms with van der Waals surface area (Å²) < 4.78 is 13.1. The van der Waals surface area contributed by atoms with Crippen LogP contribution in [0.5, 0.6) is 17.2 Å². The van der Waals surface area contributed by atoms with Crippen molar-refractivity contribution in [3.8, 4) is 17.2 Å². The Bertz CT molecular complexity index is 1130. The highest BCUT2D eigenvalue weighted by Crippen LogP contribution is 2.25. The predicted molar refractivity (Wildman–Crippen MR) is 118 cm³/mol. The van der Waals surface area contributed by atoms with Gasteiger partial charge in [0.15, 0.2) is 11.8 Å². The number of hydrogen-bond acceptors (Lipinski definition) is 5. The summed E-state index contributed by atoms with van der Waals surface area (Å²) in [5.41, 5.74) is 0.503. The molecule has 1 aromatic heterocycles. The fourth-order valence-corrected chi connectivity index (χ4v) is 3.13. The monoisotopic (exact) mass is 453 g/mol. The van der Waals surface area contributed by atoms with Gasteiger partial charge in [0.05, 0.1) is 0 Å². The van der Waals surface area contributed by atoms with Crippen molar-refractivity contribution < 1.29 is 14.3 Å². The first-order valence-electron chi connectivity index (χ1n) is 9.39. The molecule has 0 spiro atoms. The maximum absolute atomic E-state index is 13.2. The van der Waals surface area contributed by atoms with Gasteiger partial charge in [-0.15, -0.1) is 0 Å². The molecule has 0 aliphatic carbocycles. The van der Waals surface area contributed by atoms with E-state index in [1.165, 1.54) is 17.3 Å². The Morgan fingerprint density at radius 3 is 1.94 bits per heavy atom. The van der Waals surface area contributed by atoms with E-state index in [9.17, 15) is 4.79 Å². The average Bonchev–Trinajstić information content (AvgIpc) is 3.32. The third-order valence-corrected chi connectivity index (χ3v) is 4.97. The second-order valence-corrected chi connectivity index (χ2v) is 7.47. The van der Waals surface area contributed by atoms with Crippen molar-refractivity contribution in [2.45, 2.75) is 6.04 Å². The molecule has 6 nitrogen and oxygen atoms in total. The summed E-state index contributed by atoms with van der Waals surface area (Å²) in [6.07, 6.45) is 2.87. The van der Waals surface area contributed by atoms with Gasteiger partial charge in [0.1, 0.15) is 36.5 Å². The van der Waals surface area contributed by atoms with E-state index < -0.39 is 6.04 Å². The first-order valence-corrected chi connectivity index (χ1v) is 10.1. The molecule has 31 heavy (non-hydrogen) atoms. The summed E-state index contributed by atoms with van der Waals surface area (Å²) in [6.45, 7) is 0.0901. The Labute approximate surface area is 189 Å². The van der Waals surface area contributed by atoms with Crippen LogP contribution in [-0.2, 0) is 0 Å². The zero-order chi connectivity index (χ0) is 21.6. The molecule has 1 atom stereocenters. The lowest BCUT2D eigenvalue weighted by Gasteiger charge is -2.17. The van der Waals surface area contributed by atoms with Gasteiger partial charge < -0.3 is 9.47 Å². The van der Waals surface area contributed by atoms with E-state index in [1.54, 1.807) is 72.8 Å². The third kappa shape index (κ3) is 5.42. The number of Topliss-reactive ketones (excluding diaryl/α,β-unsaturated/α-hetero) is 1. The zero-order valence-corrected chi connectivity index (χ0v) is 17.7. The molecule has 3 aromatic carbocycles. The summed E-state index contributed by atoms with van der Waals surface area (Å²) >= 11 is 11.8. The van der Waals surface area contributed by atoms with Crippen molar-refractivity contribution in [2.24, 2.45) is 0 Å². The highest BCUT2D eigenvalue weighted by molar-refractivity contribution is 6.30. The van der Waals surface area contributed by atoms with Crippen molar-refractivity contribution in [1.29, 1.82) is 0 Å². The van der Waals surface area contributed by atoms with Gasteiger partial charge in [-0.2, -0.15) is 5.10 Å². The van der Waals surface area contributed by atoms with E-state index in [4.69, 9.17) is 32.7 Å². The van der Waals surface area contributed by atoms with Gasteiger partial charge in [-0.05, 0) is 72.8 Å². The molecule has 1 heterocycles. The van der Waals surface area contributed by atoms with E-state index in [0.29, 0.717) is 32.9 Å². The van der Waals surface area contributed by atoms with Gasteiger partial charge in [-0.3, -0.25) is 4.79 Å². The lowest BCUT2D eigenvalue weighted by atomic mass is 10.0. The van der Waals surface area contributed by atoms with Crippen LogP contribution in [0.2, 0.25) is 10.0 Å². The number of halogens is 2. The van der Waals surface area contributed by atoms with Crippen LogP contribution in [0.1, 0.15) is 16.4 Å². The molecule has 0 fully saturated rings. The molecule has 0 saturated carbocycles. The normalized spacial score (nSPS) is 11.7. The van der Waals surface area contributed by atoms with Gasteiger partial charge >= 0.3 is 0 Å². The number of rotatable bonds is 8. The smallest absolute Gasteiger partial charge is 0.190 e. The van der Waals surface area contributed by atoms with Gasteiger partial charge in [0, 0.05) is 15.6 Å². The van der Waals surface area contributed by atoms with Crippen molar-refractivity contribution >= 4 is 29.0 Å². The van der Waals surface area contributed by atoms with Crippen LogP contribution >= 0.6 is 23.2 Å². The number of ether oxygens (including phenoxy) is 2. The Morgan fingerprint density at radius 2 is 1.39 bits per heavy atom. The summed E-state index contributed by atoms with van der Waals surface area (Å²) in [7, 11) is 0. The first-order chi connectivity index (χ1) is 15.1. The maximum atomic E-state index is 13.2. The number of benzene rings is 3. The molecule has 0 radical (unpaired) electrons. The van der Waals surface area contributed by atoms with Crippen molar-refractivity contribution in [1.82, 2.24) is 14.8 Å². The van der Waals surface area contributed by atoms with Crippen LogP contribution in [0.4, 0.5) is 0 Å². The second-order valence-electron chi connectivity index (χ2n) is 6.60. The van der Waals surface area contributed by atoms with Crippen LogP contribution in [0, 0.1) is 0 Å². The summed E-state index contributed by atoms with van der Waals surface area (Å²) in [6, 6.07) is 20.2. The van der Waals surface area contributed by atoms with Crippen LogP contribution in [0.3, 0.4) is 0 Å². The van der Waals surface area contributed by atoms with Gasteiger partial charge in [0.2, 0.25) is 0 Å². The Kier molecular flexibility index (Phi) is 6.50. The van der Waals surface area contributed by atoms with E-state index in [0.717, 1.165) is 0 Å². The number of nitrogens with zero attached hydrogens (tertiary/aromatic N) is 3. The zero-order valence-electron chi connectivity index (χ0n) is 16.2. The first kappa shape index (κ1) is 20.9. The number of ketones is 1. The predicted octanol–water partition coefficient (Wildman–Crippen LogP) is 5.88. The molecule has 0 saturated heterocycles. The number of aromatic nitrogens is 3. The lowest BCUT2D eigenvalue weighted by molar-refractivity contribution is 0.0871. The summed E-state index contributed by atoms with van der Waals surface area (Å²) in [5.74, 6) is 1.71. The Hall–Kier alpha value is -3.35.